The highest BCUT2D eigenvalue weighted by atomic mass is 16.4. The number of hydrogen-bond donors (Lipinski definition) is 2. The van der Waals surface area contributed by atoms with Crippen molar-refractivity contribution in [3.63, 3.8) is 0 Å². The Morgan fingerprint density at radius 1 is 1.33 bits per heavy atom. The lowest BCUT2D eigenvalue weighted by Crippen LogP contribution is -2.40. The quantitative estimate of drug-likeness (QED) is 0.729. The largest absolute Gasteiger partial charge is 0.466 e. The number of para-hydroxylation sites is 1. The maximum Gasteiger partial charge on any atom is 0.241 e. The summed E-state index contributed by atoms with van der Waals surface area (Å²) in [6.07, 6.45) is 2.65. The van der Waals surface area contributed by atoms with E-state index in [1.54, 1.807) is 43.3 Å². The van der Waals surface area contributed by atoms with Gasteiger partial charge < -0.3 is 14.8 Å². The molecule has 3 aromatic rings. The van der Waals surface area contributed by atoms with E-state index >= 15 is 0 Å². The highest BCUT2D eigenvalue weighted by Crippen LogP contribution is 2.19. The zero-order valence-corrected chi connectivity index (χ0v) is 13.1. The van der Waals surface area contributed by atoms with Crippen LogP contribution in [-0.2, 0) is 16.9 Å². The standard InChI is InChI=1S/C17H17N3O4/c1-17(23,15-7-4-8-24-15)11-18-16(22)10-20-13-6-3-2-5-12(13)14(21)9-19-20/h2-9,23H,10-11H2,1H3,(H,18,22). The van der Waals surface area contributed by atoms with Gasteiger partial charge in [-0.1, -0.05) is 12.1 Å². The number of aliphatic hydroxyl groups is 1. The first kappa shape index (κ1) is 15.9. The molecule has 0 saturated carbocycles. The zero-order chi connectivity index (χ0) is 17.2. The van der Waals surface area contributed by atoms with E-state index in [0.29, 0.717) is 16.7 Å². The molecule has 2 N–H and O–H groups in total. The van der Waals surface area contributed by atoms with Crippen LogP contribution in [0.3, 0.4) is 0 Å². The van der Waals surface area contributed by atoms with Gasteiger partial charge in [-0.15, -0.1) is 0 Å². The van der Waals surface area contributed by atoms with Gasteiger partial charge in [0.25, 0.3) is 0 Å². The number of carbonyl (C=O) groups excluding carboxylic acids is 1. The Balaban J connectivity index is 1.72. The van der Waals surface area contributed by atoms with Crippen molar-refractivity contribution in [1.29, 1.82) is 0 Å². The summed E-state index contributed by atoms with van der Waals surface area (Å²) in [5, 5.41) is 17.5. The van der Waals surface area contributed by atoms with Gasteiger partial charge in [0.2, 0.25) is 11.3 Å². The Morgan fingerprint density at radius 2 is 2.12 bits per heavy atom. The summed E-state index contributed by atoms with van der Waals surface area (Å²) >= 11 is 0. The smallest absolute Gasteiger partial charge is 0.241 e. The van der Waals surface area contributed by atoms with Gasteiger partial charge in [0.15, 0.2) is 0 Å². The molecule has 1 aromatic carbocycles. The second-order valence-corrected chi connectivity index (χ2v) is 5.71. The van der Waals surface area contributed by atoms with E-state index < -0.39 is 5.60 Å². The lowest BCUT2D eigenvalue weighted by molar-refractivity contribution is -0.123. The summed E-state index contributed by atoms with van der Waals surface area (Å²) in [5.74, 6) is 0.0397. The van der Waals surface area contributed by atoms with E-state index in [9.17, 15) is 14.7 Å². The highest BCUT2D eigenvalue weighted by molar-refractivity contribution is 5.81. The molecule has 2 aromatic heterocycles. The van der Waals surface area contributed by atoms with Gasteiger partial charge in [0, 0.05) is 5.39 Å². The fourth-order valence-corrected chi connectivity index (χ4v) is 2.42. The Hall–Kier alpha value is -2.93. The SMILES string of the molecule is CC(O)(CNC(=O)Cn1ncc(=O)c2ccccc21)c1ccco1. The van der Waals surface area contributed by atoms with Gasteiger partial charge in [0.05, 0.1) is 24.5 Å². The fourth-order valence-electron chi connectivity index (χ4n) is 2.42. The molecule has 0 saturated heterocycles. The number of aromatic nitrogens is 2. The number of furan rings is 1. The minimum atomic E-state index is -1.31. The van der Waals surface area contributed by atoms with Crippen molar-refractivity contribution in [3.8, 4) is 0 Å². The second kappa shape index (κ2) is 6.29. The van der Waals surface area contributed by atoms with Gasteiger partial charge in [-0.05, 0) is 31.2 Å². The Bertz CT molecular complexity index is 913. The monoisotopic (exact) mass is 327 g/mol. The molecule has 0 aliphatic rings. The number of rotatable bonds is 5. The van der Waals surface area contributed by atoms with E-state index in [2.05, 4.69) is 10.4 Å². The summed E-state index contributed by atoms with van der Waals surface area (Å²) < 4.78 is 6.62. The number of amides is 1. The van der Waals surface area contributed by atoms with Crippen LogP contribution >= 0.6 is 0 Å². The topological polar surface area (TPSA) is 97.4 Å². The predicted octanol–water partition coefficient (Wildman–Crippen LogP) is 1.01. The Kier molecular flexibility index (Phi) is 4.18. The van der Waals surface area contributed by atoms with Crippen LogP contribution in [0.25, 0.3) is 10.9 Å². The van der Waals surface area contributed by atoms with E-state index in [4.69, 9.17) is 4.42 Å². The molecule has 0 aliphatic carbocycles. The molecule has 0 bridgehead atoms. The van der Waals surface area contributed by atoms with Crippen LogP contribution in [0.1, 0.15) is 12.7 Å². The van der Waals surface area contributed by atoms with Gasteiger partial charge in [0.1, 0.15) is 17.9 Å². The van der Waals surface area contributed by atoms with Crippen LogP contribution < -0.4 is 10.7 Å². The molecule has 1 unspecified atom stereocenters. The summed E-state index contributed by atoms with van der Waals surface area (Å²) in [7, 11) is 0. The minimum Gasteiger partial charge on any atom is -0.466 e. The fraction of sp³-hybridized carbons (Fsp3) is 0.235. The Morgan fingerprint density at radius 3 is 2.88 bits per heavy atom. The molecular weight excluding hydrogens is 310 g/mol. The molecule has 0 spiro atoms. The number of fused-ring (bicyclic) bond motifs is 1. The van der Waals surface area contributed by atoms with E-state index in [1.165, 1.54) is 17.1 Å². The molecule has 7 heteroatoms. The van der Waals surface area contributed by atoms with Crippen molar-refractivity contribution in [2.45, 2.75) is 19.1 Å². The first-order chi connectivity index (χ1) is 11.5. The minimum absolute atomic E-state index is 0.00250. The van der Waals surface area contributed by atoms with Crippen LogP contribution in [0.2, 0.25) is 0 Å². The maximum atomic E-state index is 12.2. The zero-order valence-electron chi connectivity index (χ0n) is 13.1. The number of benzene rings is 1. The van der Waals surface area contributed by atoms with Gasteiger partial charge in [-0.25, -0.2) is 0 Å². The lowest BCUT2D eigenvalue weighted by Gasteiger charge is -2.21. The van der Waals surface area contributed by atoms with Crippen molar-refractivity contribution in [3.05, 3.63) is 64.8 Å². The lowest BCUT2D eigenvalue weighted by atomic mass is 10.0. The third-order valence-corrected chi connectivity index (χ3v) is 3.74. The molecule has 124 valence electrons. The van der Waals surface area contributed by atoms with Crippen molar-refractivity contribution >= 4 is 16.8 Å². The van der Waals surface area contributed by atoms with Gasteiger partial charge >= 0.3 is 0 Å². The van der Waals surface area contributed by atoms with Crippen LogP contribution in [0.5, 0.6) is 0 Å². The molecule has 24 heavy (non-hydrogen) atoms. The molecule has 7 nitrogen and oxygen atoms in total. The van der Waals surface area contributed by atoms with Crippen LogP contribution in [0.15, 0.2) is 58.1 Å². The summed E-state index contributed by atoms with van der Waals surface area (Å²) in [6.45, 7) is 1.49. The normalized spacial score (nSPS) is 13.6. The number of nitrogens with zero attached hydrogens (tertiary/aromatic N) is 2. The number of hydrogen-bond acceptors (Lipinski definition) is 5. The van der Waals surface area contributed by atoms with Gasteiger partial charge in [-0.2, -0.15) is 5.10 Å². The van der Waals surface area contributed by atoms with Crippen LogP contribution in [0, 0.1) is 0 Å². The molecule has 2 heterocycles. The third kappa shape index (κ3) is 3.21. The average molecular weight is 327 g/mol. The molecule has 0 aliphatic heterocycles. The second-order valence-electron chi connectivity index (χ2n) is 5.71. The van der Waals surface area contributed by atoms with Crippen molar-refractivity contribution in [1.82, 2.24) is 15.1 Å². The van der Waals surface area contributed by atoms with Crippen molar-refractivity contribution in [2.75, 3.05) is 6.54 Å². The summed E-state index contributed by atoms with van der Waals surface area (Å²) in [6, 6.07) is 10.3. The van der Waals surface area contributed by atoms with E-state index in [0.717, 1.165) is 0 Å². The highest BCUT2D eigenvalue weighted by Gasteiger charge is 2.26. The van der Waals surface area contributed by atoms with Crippen LogP contribution in [-0.4, -0.2) is 27.3 Å². The summed E-state index contributed by atoms with van der Waals surface area (Å²) in [4.78, 5) is 24.0. The molecule has 0 radical (unpaired) electrons. The predicted molar refractivity (Wildman–Crippen MR) is 87.3 cm³/mol. The van der Waals surface area contributed by atoms with Crippen LogP contribution in [0.4, 0.5) is 0 Å². The number of carbonyl (C=O) groups is 1. The number of nitrogens with one attached hydrogen (secondary N) is 1. The third-order valence-electron chi connectivity index (χ3n) is 3.74. The first-order valence-corrected chi connectivity index (χ1v) is 7.45. The molecule has 0 fully saturated rings. The molecular formula is C17H17N3O4. The van der Waals surface area contributed by atoms with Gasteiger partial charge in [-0.3, -0.25) is 14.3 Å². The van der Waals surface area contributed by atoms with E-state index in [-0.39, 0.29) is 24.4 Å². The van der Waals surface area contributed by atoms with E-state index in [1.807, 2.05) is 0 Å². The van der Waals surface area contributed by atoms with Crippen molar-refractivity contribution in [2.24, 2.45) is 0 Å². The first-order valence-electron chi connectivity index (χ1n) is 7.45. The maximum absolute atomic E-state index is 12.2. The summed E-state index contributed by atoms with van der Waals surface area (Å²) in [5.41, 5.74) is -0.918. The molecule has 3 rings (SSSR count). The molecule has 1 amide bonds. The van der Waals surface area contributed by atoms with Crippen molar-refractivity contribution < 1.29 is 14.3 Å². The average Bonchev–Trinajstić information content (AvgIpc) is 3.11. The Labute approximate surface area is 137 Å². The molecule has 1 atom stereocenters.